The highest BCUT2D eigenvalue weighted by atomic mass is 79.9. The van der Waals surface area contributed by atoms with E-state index in [0.717, 1.165) is 5.56 Å². The molecule has 0 aliphatic heterocycles. The topological polar surface area (TPSA) is 66.5 Å². The number of nitrogens with two attached hydrogens (primary N) is 1. The first-order chi connectivity index (χ1) is 5.65. The van der Waals surface area contributed by atoms with E-state index in [1.165, 1.54) is 12.1 Å². The third-order valence-corrected chi connectivity index (χ3v) is 1.92. The maximum absolute atomic E-state index is 9.15. The van der Waals surface area contributed by atoms with Gasteiger partial charge < -0.3 is 15.9 Å². The zero-order valence-electron chi connectivity index (χ0n) is 7.40. The zero-order chi connectivity index (χ0) is 9.14. The van der Waals surface area contributed by atoms with Crippen molar-refractivity contribution in [3.63, 3.8) is 0 Å². The van der Waals surface area contributed by atoms with E-state index in [1.54, 1.807) is 6.07 Å². The number of hydrogen-bond donors (Lipinski definition) is 3. The van der Waals surface area contributed by atoms with E-state index in [4.69, 9.17) is 15.9 Å². The lowest BCUT2D eigenvalue weighted by Gasteiger charge is -2.09. The van der Waals surface area contributed by atoms with Gasteiger partial charge in [0.25, 0.3) is 0 Å². The van der Waals surface area contributed by atoms with E-state index in [0.29, 0.717) is 6.54 Å². The van der Waals surface area contributed by atoms with Crippen LogP contribution in [0.3, 0.4) is 0 Å². The highest BCUT2D eigenvalue weighted by Gasteiger charge is 2.05. The Labute approximate surface area is 88.0 Å². The highest BCUT2D eigenvalue weighted by Crippen LogP contribution is 2.27. The van der Waals surface area contributed by atoms with Crippen LogP contribution in [-0.4, -0.2) is 16.8 Å². The van der Waals surface area contributed by atoms with Crippen LogP contribution in [0.5, 0.6) is 11.5 Å². The average molecular weight is 248 g/mol. The molecule has 0 heterocycles. The van der Waals surface area contributed by atoms with Gasteiger partial charge in [0.15, 0.2) is 11.5 Å². The summed E-state index contributed by atoms with van der Waals surface area (Å²) < 4.78 is 0. The van der Waals surface area contributed by atoms with Crippen molar-refractivity contribution in [2.75, 3.05) is 6.54 Å². The summed E-state index contributed by atoms with van der Waals surface area (Å²) in [6, 6.07) is 4.76. The summed E-state index contributed by atoms with van der Waals surface area (Å²) in [5.74, 6) is 0.0206. The van der Waals surface area contributed by atoms with E-state index >= 15 is 0 Å². The Morgan fingerprint density at radius 2 is 1.92 bits per heavy atom. The van der Waals surface area contributed by atoms with Crippen LogP contribution in [-0.2, 0) is 0 Å². The molecular weight excluding hydrogens is 234 g/mol. The lowest BCUT2D eigenvalue weighted by atomic mass is 10.0. The third-order valence-electron chi connectivity index (χ3n) is 1.92. The quantitative estimate of drug-likeness (QED) is 0.698. The van der Waals surface area contributed by atoms with E-state index < -0.39 is 0 Å². The first-order valence-corrected chi connectivity index (χ1v) is 3.87. The standard InChI is InChI=1S/C9H13NO2.BrH/c1-6(5-10)7-2-3-8(11)9(12)4-7;/h2-4,6,11-12H,5,10H2,1H3;1H. The lowest BCUT2D eigenvalue weighted by Crippen LogP contribution is -2.08. The summed E-state index contributed by atoms with van der Waals surface area (Å²) in [6.07, 6.45) is 0. The van der Waals surface area contributed by atoms with Crippen molar-refractivity contribution < 1.29 is 10.2 Å². The van der Waals surface area contributed by atoms with Gasteiger partial charge in [-0.15, -0.1) is 17.0 Å². The van der Waals surface area contributed by atoms with Crippen molar-refractivity contribution in [2.24, 2.45) is 5.73 Å². The molecule has 0 aliphatic carbocycles. The molecule has 74 valence electrons. The van der Waals surface area contributed by atoms with Crippen molar-refractivity contribution in [3.05, 3.63) is 23.8 Å². The lowest BCUT2D eigenvalue weighted by molar-refractivity contribution is 0.403. The molecule has 0 spiro atoms. The minimum absolute atomic E-state index is 0. The summed E-state index contributed by atoms with van der Waals surface area (Å²) in [6.45, 7) is 2.50. The molecule has 1 atom stereocenters. The first-order valence-electron chi connectivity index (χ1n) is 3.87. The van der Waals surface area contributed by atoms with Crippen LogP contribution >= 0.6 is 17.0 Å². The molecule has 4 heteroatoms. The van der Waals surface area contributed by atoms with Gasteiger partial charge in [0.1, 0.15) is 0 Å². The molecule has 1 unspecified atom stereocenters. The summed E-state index contributed by atoms with van der Waals surface area (Å²) in [5.41, 5.74) is 6.39. The molecular formula is C9H14BrNO2. The Morgan fingerprint density at radius 1 is 1.31 bits per heavy atom. The number of halogens is 1. The van der Waals surface area contributed by atoms with Crippen LogP contribution in [0, 0.1) is 0 Å². The molecule has 0 aromatic heterocycles. The van der Waals surface area contributed by atoms with Gasteiger partial charge in [-0.3, -0.25) is 0 Å². The fourth-order valence-electron chi connectivity index (χ4n) is 0.983. The fourth-order valence-corrected chi connectivity index (χ4v) is 0.983. The van der Waals surface area contributed by atoms with Gasteiger partial charge in [-0.2, -0.15) is 0 Å². The Balaban J connectivity index is 0.00000144. The van der Waals surface area contributed by atoms with Gasteiger partial charge >= 0.3 is 0 Å². The molecule has 0 saturated carbocycles. The first kappa shape index (κ1) is 12.3. The zero-order valence-corrected chi connectivity index (χ0v) is 9.11. The number of phenols is 2. The molecule has 1 aromatic rings. The number of hydrogen-bond acceptors (Lipinski definition) is 3. The second-order valence-electron chi connectivity index (χ2n) is 2.88. The number of aromatic hydroxyl groups is 2. The normalized spacial score (nSPS) is 11.8. The molecule has 0 aliphatic rings. The minimum atomic E-state index is -0.0945. The Hall–Kier alpha value is -0.740. The molecule has 13 heavy (non-hydrogen) atoms. The molecule has 0 fully saturated rings. The monoisotopic (exact) mass is 247 g/mol. The van der Waals surface area contributed by atoms with Crippen LogP contribution in [0.1, 0.15) is 18.4 Å². The third kappa shape index (κ3) is 2.90. The van der Waals surface area contributed by atoms with Crippen LogP contribution in [0.15, 0.2) is 18.2 Å². The van der Waals surface area contributed by atoms with Gasteiger partial charge in [0, 0.05) is 0 Å². The molecule has 0 radical (unpaired) electrons. The molecule has 0 bridgehead atoms. The van der Waals surface area contributed by atoms with Crippen molar-refractivity contribution in [1.82, 2.24) is 0 Å². The maximum Gasteiger partial charge on any atom is 0.157 e. The molecule has 0 saturated heterocycles. The predicted molar refractivity (Wildman–Crippen MR) is 57.6 cm³/mol. The van der Waals surface area contributed by atoms with Crippen LogP contribution in [0.2, 0.25) is 0 Å². The van der Waals surface area contributed by atoms with Crippen molar-refractivity contribution >= 4 is 17.0 Å². The summed E-state index contributed by atoms with van der Waals surface area (Å²) in [4.78, 5) is 0. The maximum atomic E-state index is 9.15. The summed E-state index contributed by atoms with van der Waals surface area (Å²) >= 11 is 0. The van der Waals surface area contributed by atoms with Crippen molar-refractivity contribution in [2.45, 2.75) is 12.8 Å². The Bertz CT molecular complexity index is 278. The Morgan fingerprint density at radius 3 is 2.38 bits per heavy atom. The highest BCUT2D eigenvalue weighted by molar-refractivity contribution is 8.93. The number of phenolic OH excluding ortho intramolecular Hbond substituents is 2. The molecule has 1 aromatic carbocycles. The number of rotatable bonds is 2. The largest absolute Gasteiger partial charge is 0.504 e. The van der Waals surface area contributed by atoms with Gasteiger partial charge in [-0.25, -0.2) is 0 Å². The van der Waals surface area contributed by atoms with E-state index in [9.17, 15) is 0 Å². The van der Waals surface area contributed by atoms with E-state index in [-0.39, 0.29) is 34.4 Å². The van der Waals surface area contributed by atoms with Gasteiger partial charge in [-0.05, 0) is 30.2 Å². The average Bonchev–Trinajstić information content (AvgIpc) is 2.08. The van der Waals surface area contributed by atoms with Crippen LogP contribution in [0.25, 0.3) is 0 Å². The molecule has 1 rings (SSSR count). The van der Waals surface area contributed by atoms with Gasteiger partial charge in [-0.1, -0.05) is 13.0 Å². The van der Waals surface area contributed by atoms with Crippen molar-refractivity contribution in [3.8, 4) is 11.5 Å². The summed E-state index contributed by atoms with van der Waals surface area (Å²) in [5, 5.41) is 18.2. The minimum Gasteiger partial charge on any atom is -0.504 e. The second-order valence-corrected chi connectivity index (χ2v) is 2.88. The summed E-state index contributed by atoms with van der Waals surface area (Å²) in [7, 11) is 0. The molecule has 3 nitrogen and oxygen atoms in total. The molecule has 0 amide bonds. The SMILES string of the molecule is Br.CC(CN)c1ccc(O)c(O)c1. The van der Waals surface area contributed by atoms with Crippen molar-refractivity contribution in [1.29, 1.82) is 0 Å². The number of benzene rings is 1. The predicted octanol–water partition coefficient (Wildman–Crippen LogP) is 1.74. The van der Waals surface area contributed by atoms with Crippen LogP contribution in [0.4, 0.5) is 0 Å². The smallest absolute Gasteiger partial charge is 0.157 e. The van der Waals surface area contributed by atoms with E-state index in [2.05, 4.69) is 0 Å². The fraction of sp³-hybridized carbons (Fsp3) is 0.333. The second kappa shape index (κ2) is 5.09. The van der Waals surface area contributed by atoms with E-state index in [1.807, 2.05) is 6.92 Å². The van der Waals surface area contributed by atoms with Gasteiger partial charge in [0.05, 0.1) is 0 Å². The van der Waals surface area contributed by atoms with Crippen LogP contribution < -0.4 is 5.73 Å². The Kier molecular flexibility index (Phi) is 4.80. The molecule has 4 N–H and O–H groups in total. The van der Waals surface area contributed by atoms with Gasteiger partial charge in [0.2, 0.25) is 0 Å².